The van der Waals surface area contributed by atoms with Gasteiger partial charge in [-0.15, -0.1) is 11.3 Å². The minimum absolute atomic E-state index is 1.11. The van der Waals surface area contributed by atoms with Crippen molar-refractivity contribution in [3.63, 3.8) is 0 Å². The van der Waals surface area contributed by atoms with Crippen LogP contribution in [0.15, 0.2) is 194 Å². The van der Waals surface area contributed by atoms with E-state index in [0.29, 0.717) is 0 Å². The Kier molecular flexibility index (Phi) is 6.76. The third-order valence-corrected chi connectivity index (χ3v) is 11.9. The quantitative estimate of drug-likeness (QED) is 0.163. The van der Waals surface area contributed by atoms with Crippen LogP contribution >= 0.6 is 11.3 Å². The van der Waals surface area contributed by atoms with Gasteiger partial charge in [0, 0.05) is 53.4 Å². The molecule has 0 aliphatic heterocycles. The van der Waals surface area contributed by atoms with Gasteiger partial charge in [0.2, 0.25) is 0 Å². The van der Waals surface area contributed by atoms with Crippen LogP contribution in [0.3, 0.4) is 0 Å². The van der Waals surface area contributed by atoms with Crippen LogP contribution < -0.4 is 4.90 Å². The van der Waals surface area contributed by atoms with E-state index in [4.69, 9.17) is 0 Å². The van der Waals surface area contributed by atoms with E-state index < -0.39 is 0 Å². The summed E-state index contributed by atoms with van der Waals surface area (Å²) in [6.45, 7) is 0. The van der Waals surface area contributed by atoms with Gasteiger partial charge in [0.15, 0.2) is 0 Å². The van der Waals surface area contributed by atoms with E-state index >= 15 is 0 Å². The van der Waals surface area contributed by atoms with E-state index in [2.05, 4.69) is 204 Å². The van der Waals surface area contributed by atoms with Gasteiger partial charge < -0.3 is 9.47 Å². The molecule has 248 valence electrons. The van der Waals surface area contributed by atoms with Gasteiger partial charge in [-0.1, -0.05) is 127 Å². The monoisotopic (exact) mass is 692 g/mol. The number of fused-ring (bicyclic) bond motifs is 9. The van der Waals surface area contributed by atoms with E-state index in [9.17, 15) is 0 Å². The molecule has 0 aliphatic rings. The van der Waals surface area contributed by atoms with Crippen molar-refractivity contribution in [3.05, 3.63) is 194 Å². The lowest BCUT2D eigenvalue weighted by Gasteiger charge is -2.28. The zero-order chi connectivity index (χ0) is 34.9. The van der Waals surface area contributed by atoms with Gasteiger partial charge in [0.1, 0.15) is 0 Å². The highest BCUT2D eigenvalue weighted by atomic mass is 32.1. The van der Waals surface area contributed by atoms with Crippen molar-refractivity contribution in [3.8, 4) is 16.8 Å². The Hall–Kier alpha value is -6.68. The van der Waals surface area contributed by atoms with Gasteiger partial charge in [-0.3, -0.25) is 0 Å². The summed E-state index contributed by atoms with van der Waals surface area (Å²) in [5.74, 6) is 0. The lowest BCUT2D eigenvalue weighted by Crippen LogP contribution is -2.10. The molecular weight excluding hydrogens is 661 g/mol. The highest BCUT2D eigenvalue weighted by Crippen LogP contribution is 2.45. The molecule has 0 atom stereocenters. The Bertz CT molecular complexity index is 3170. The van der Waals surface area contributed by atoms with Crippen LogP contribution in [-0.4, -0.2) is 4.57 Å². The molecule has 3 heteroatoms. The Morgan fingerprint density at radius 1 is 0.358 bits per heavy atom. The lowest BCUT2D eigenvalue weighted by molar-refractivity contribution is 1.18. The maximum Gasteiger partial charge on any atom is 0.0546 e. The Balaban J connectivity index is 1.12. The highest BCUT2D eigenvalue weighted by molar-refractivity contribution is 7.25. The molecule has 2 aromatic heterocycles. The minimum atomic E-state index is 1.11. The fourth-order valence-corrected chi connectivity index (χ4v) is 9.46. The first-order chi connectivity index (χ1) is 26.3. The molecule has 2 heterocycles. The zero-order valence-electron chi connectivity index (χ0n) is 28.8. The van der Waals surface area contributed by atoms with Crippen LogP contribution in [0.25, 0.3) is 80.3 Å². The summed E-state index contributed by atoms with van der Waals surface area (Å²) in [6, 6.07) is 71.0. The predicted molar refractivity (Wildman–Crippen MR) is 229 cm³/mol. The smallest absolute Gasteiger partial charge is 0.0546 e. The number of para-hydroxylation sites is 2. The summed E-state index contributed by atoms with van der Waals surface area (Å²) in [4.78, 5) is 2.45. The van der Waals surface area contributed by atoms with Crippen molar-refractivity contribution in [1.82, 2.24) is 4.57 Å². The summed E-state index contributed by atoms with van der Waals surface area (Å²) in [5.41, 5.74) is 9.38. The molecule has 11 aromatic rings. The van der Waals surface area contributed by atoms with Gasteiger partial charge in [0.25, 0.3) is 0 Å². The molecule has 2 nitrogen and oxygen atoms in total. The summed E-state index contributed by atoms with van der Waals surface area (Å²) < 4.78 is 5.03. The fourth-order valence-electron chi connectivity index (χ4n) is 8.31. The molecule has 0 bridgehead atoms. The molecule has 0 amide bonds. The van der Waals surface area contributed by atoms with Crippen LogP contribution in [0.2, 0.25) is 0 Å². The number of thiophene rings is 1. The number of benzene rings is 9. The first kappa shape index (κ1) is 30.0. The van der Waals surface area contributed by atoms with Crippen molar-refractivity contribution < 1.29 is 0 Å². The molecule has 53 heavy (non-hydrogen) atoms. The second-order valence-electron chi connectivity index (χ2n) is 13.7. The zero-order valence-corrected chi connectivity index (χ0v) is 29.6. The van der Waals surface area contributed by atoms with Crippen LogP contribution in [0.5, 0.6) is 0 Å². The standard InChI is InChI=1S/C50H32N2S/c1-2-13-36(14-3-1)52-46-20-10-8-18-42(46)45-32-38(27-29-47(45)52)51(48-30-35-12-4-5-15-39(35)40-16-6-7-17-41(40)48)37-25-22-33(23-26-37)34-24-28-44-43-19-9-11-21-49(43)53-50(44)31-34/h1-32H. The molecule has 0 saturated carbocycles. The molecule has 0 spiro atoms. The molecule has 0 unspecified atom stereocenters. The molecule has 0 radical (unpaired) electrons. The first-order valence-electron chi connectivity index (χ1n) is 18.1. The van der Waals surface area contributed by atoms with Crippen molar-refractivity contribution in [2.75, 3.05) is 4.90 Å². The third kappa shape index (κ3) is 4.78. The van der Waals surface area contributed by atoms with E-state index in [-0.39, 0.29) is 0 Å². The second kappa shape index (κ2) is 11.9. The molecular formula is C50H32N2S. The Labute approximate surface area is 311 Å². The van der Waals surface area contributed by atoms with E-state index in [1.165, 1.54) is 74.6 Å². The van der Waals surface area contributed by atoms with E-state index in [1.807, 2.05) is 11.3 Å². The van der Waals surface area contributed by atoms with Crippen molar-refractivity contribution in [1.29, 1.82) is 0 Å². The largest absolute Gasteiger partial charge is 0.310 e. The second-order valence-corrected chi connectivity index (χ2v) is 14.8. The molecule has 11 rings (SSSR count). The summed E-state index contributed by atoms with van der Waals surface area (Å²) in [6.07, 6.45) is 0. The number of rotatable bonds is 5. The molecule has 9 aromatic carbocycles. The first-order valence-corrected chi connectivity index (χ1v) is 18.9. The molecule has 0 fully saturated rings. The van der Waals surface area contributed by atoms with Gasteiger partial charge in [-0.2, -0.15) is 0 Å². The van der Waals surface area contributed by atoms with Crippen molar-refractivity contribution in [2.45, 2.75) is 0 Å². The SMILES string of the molecule is c1ccc(-n2c3ccccc3c3cc(N(c4ccc(-c5ccc6c(c5)sc5ccccc56)cc4)c4cc5ccccc5c5ccccc45)ccc32)cc1. The van der Waals surface area contributed by atoms with Crippen LogP contribution in [0.4, 0.5) is 17.1 Å². The van der Waals surface area contributed by atoms with Crippen LogP contribution in [0, 0.1) is 0 Å². The van der Waals surface area contributed by atoms with Gasteiger partial charge in [-0.05, 0) is 94.0 Å². The lowest BCUT2D eigenvalue weighted by atomic mass is 9.98. The van der Waals surface area contributed by atoms with E-state index in [1.54, 1.807) is 0 Å². The third-order valence-electron chi connectivity index (χ3n) is 10.8. The topological polar surface area (TPSA) is 8.17 Å². The fraction of sp³-hybridized carbons (Fsp3) is 0. The van der Waals surface area contributed by atoms with Crippen LogP contribution in [-0.2, 0) is 0 Å². The molecule has 0 aliphatic carbocycles. The van der Waals surface area contributed by atoms with Gasteiger partial charge >= 0.3 is 0 Å². The van der Waals surface area contributed by atoms with Crippen molar-refractivity contribution >= 4 is 91.9 Å². The van der Waals surface area contributed by atoms with Crippen LogP contribution in [0.1, 0.15) is 0 Å². The normalized spacial score (nSPS) is 11.8. The number of hydrogen-bond acceptors (Lipinski definition) is 2. The summed E-state index contributed by atoms with van der Waals surface area (Å²) in [5, 5.41) is 10.1. The Morgan fingerprint density at radius 2 is 0.981 bits per heavy atom. The van der Waals surface area contributed by atoms with Gasteiger partial charge in [0.05, 0.1) is 16.7 Å². The number of anilines is 3. The number of aromatic nitrogens is 1. The average Bonchev–Trinajstić information content (AvgIpc) is 3.77. The van der Waals surface area contributed by atoms with E-state index in [0.717, 1.165) is 22.7 Å². The highest BCUT2D eigenvalue weighted by Gasteiger charge is 2.20. The summed E-state index contributed by atoms with van der Waals surface area (Å²) >= 11 is 1.87. The van der Waals surface area contributed by atoms with Gasteiger partial charge in [-0.25, -0.2) is 0 Å². The molecule has 0 N–H and O–H groups in total. The molecule has 0 saturated heterocycles. The predicted octanol–water partition coefficient (Wildman–Crippen LogP) is 14.6. The Morgan fingerprint density at radius 3 is 1.83 bits per heavy atom. The number of hydrogen-bond donors (Lipinski definition) is 0. The maximum atomic E-state index is 2.45. The minimum Gasteiger partial charge on any atom is -0.310 e. The number of nitrogens with zero attached hydrogens (tertiary/aromatic N) is 2. The van der Waals surface area contributed by atoms with Crippen molar-refractivity contribution in [2.24, 2.45) is 0 Å². The maximum absolute atomic E-state index is 2.45. The summed E-state index contributed by atoms with van der Waals surface area (Å²) in [7, 11) is 0. The average molecular weight is 693 g/mol.